The highest BCUT2D eigenvalue weighted by molar-refractivity contribution is 5.80. The highest BCUT2D eigenvalue weighted by atomic mass is 16.2. The lowest BCUT2D eigenvalue weighted by Gasteiger charge is -2.17. The number of aromatic nitrogens is 2. The molecule has 33 heavy (non-hydrogen) atoms. The van der Waals surface area contributed by atoms with E-state index in [1.54, 1.807) is 0 Å². The summed E-state index contributed by atoms with van der Waals surface area (Å²) in [7, 11) is 0. The zero-order valence-electron chi connectivity index (χ0n) is 19.0. The van der Waals surface area contributed by atoms with E-state index in [4.69, 9.17) is 5.26 Å². The maximum absolute atomic E-state index is 12.7. The number of nitrogens with one attached hydrogen (secondary N) is 1. The van der Waals surface area contributed by atoms with Gasteiger partial charge in [-0.3, -0.25) is 4.79 Å². The van der Waals surface area contributed by atoms with Gasteiger partial charge in [-0.05, 0) is 49.1 Å². The number of nitriles is 1. The summed E-state index contributed by atoms with van der Waals surface area (Å²) in [5, 5.41) is 12.4. The van der Waals surface area contributed by atoms with E-state index in [0.29, 0.717) is 11.5 Å². The number of unbranched alkanes of at least 4 members (excludes halogenated alkanes) is 1. The van der Waals surface area contributed by atoms with Crippen LogP contribution in [0.4, 0.5) is 0 Å². The highest BCUT2D eigenvalue weighted by Gasteiger charge is 2.30. The molecule has 6 nitrogen and oxygen atoms in total. The Labute approximate surface area is 195 Å². The van der Waals surface area contributed by atoms with Gasteiger partial charge in [-0.15, -0.1) is 0 Å². The standard InChI is InChI=1S/C27H31N5O/c28-16-22-9-11-24(12-10-22)20-32-21-30-18-26(32)17-29-14-5-4-8-25-13-15-31(27(25)33)19-23-6-2-1-3-7-23/h1-3,6-7,9-12,18,21,25,29H,4-5,8,13-15,17,19-20H2. The number of nitrogens with zero attached hydrogens (tertiary/aromatic N) is 4. The van der Waals surface area contributed by atoms with Crippen LogP contribution in [0.5, 0.6) is 0 Å². The van der Waals surface area contributed by atoms with Crippen molar-refractivity contribution in [3.63, 3.8) is 0 Å². The Balaban J connectivity index is 1.14. The minimum Gasteiger partial charge on any atom is -0.338 e. The molecule has 0 radical (unpaired) electrons. The van der Waals surface area contributed by atoms with Crippen molar-refractivity contribution in [2.75, 3.05) is 13.1 Å². The Morgan fingerprint density at radius 2 is 1.82 bits per heavy atom. The van der Waals surface area contributed by atoms with Crippen LogP contribution >= 0.6 is 0 Å². The Morgan fingerprint density at radius 3 is 2.61 bits per heavy atom. The summed E-state index contributed by atoms with van der Waals surface area (Å²) >= 11 is 0. The molecule has 0 aliphatic carbocycles. The zero-order chi connectivity index (χ0) is 22.9. The molecule has 0 saturated carbocycles. The first kappa shape index (κ1) is 22.8. The molecule has 2 aromatic carbocycles. The van der Waals surface area contributed by atoms with E-state index < -0.39 is 0 Å². The fourth-order valence-electron chi connectivity index (χ4n) is 4.41. The molecule has 1 aliphatic rings. The maximum atomic E-state index is 12.7. The molecular weight excluding hydrogens is 410 g/mol. The summed E-state index contributed by atoms with van der Waals surface area (Å²) in [4.78, 5) is 19.0. The monoisotopic (exact) mass is 441 g/mol. The molecule has 1 atom stereocenters. The summed E-state index contributed by atoms with van der Waals surface area (Å²) in [5.74, 6) is 0.501. The molecule has 1 fully saturated rings. The van der Waals surface area contributed by atoms with E-state index in [2.05, 4.69) is 33.1 Å². The van der Waals surface area contributed by atoms with Gasteiger partial charge in [-0.25, -0.2) is 4.98 Å². The summed E-state index contributed by atoms with van der Waals surface area (Å²) < 4.78 is 2.13. The molecule has 6 heteroatoms. The van der Waals surface area contributed by atoms with Crippen LogP contribution in [0, 0.1) is 17.2 Å². The van der Waals surface area contributed by atoms with Gasteiger partial charge in [0.2, 0.25) is 5.91 Å². The predicted molar refractivity (Wildman–Crippen MR) is 128 cm³/mol. The Kier molecular flexibility index (Phi) is 7.89. The van der Waals surface area contributed by atoms with Crippen LogP contribution in [0.15, 0.2) is 67.1 Å². The van der Waals surface area contributed by atoms with Crippen molar-refractivity contribution in [1.29, 1.82) is 5.26 Å². The molecule has 3 aromatic rings. The van der Waals surface area contributed by atoms with E-state index in [-0.39, 0.29) is 5.92 Å². The van der Waals surface area contributed by atoms with E-state index in [9.17, 15) is 4.79 Å². The van der Waals surface area contributed by atoms with Crippen molar-refractivity contribution in [3.8, 4) is 6.07 Å². The van der Waals surface area contributed by atoms with Gasteiger partial charge < -0.3 is 14.8 Å². The topological polar surface area (TPSA) is 74.0 Å². The second kappa shape index (κ2) is 11.4. The number of carbonyl (C=O) groups is 1. The number of carbonyl (C=O) groups excluding carboxylic acids is 1. The third-order valence-electron chi connectivity index (χ3n) is 6.32. The first-order valence-corrected chi connectivity index (χ1v) is 11.7. The molecule has 1 unspecified atom stereocenters. The van der Waals surface area contributed by atoms with Gasteiger partial charge >= 0.3 is 0 Å². The SMILES string of the molecule is N#Cc1ccc(Cn2cncc2CNCCCCC2CCN(Cc3ccccc3)C2=O)cc1. The fraction of sp³-hybridized carbons (Fsp3) is 0.370. The average molecular weight is 442 g/mol. The largest absolute Gasteiger partial charge is 0.338 e. The fourth-order valence-corrected chi connectivity index (χ4v) is 4.41. The lowest BCUT2D eigenvalue weighted by atomic mass is 10.0. The van der Waals surface area contributed by atoms with Crippen molar-refractivity contribution < 1.29 is 4.79 Å². The number of amides is 1. The number of imidazole rings is 1. The predicted octanol–water partition coefficient (Wildman–Crippen LogP) is 4.11. The van der Waals surface area contributed by atoms with Gasteiger partial charge in [0, 0.05) is 38.3 Å². The Hall–Kier alpha value is -3.43. The number of likely N-dealkylation sites (tertiary alicyclic amines) is 1. The van der Waals surface area contributed by atoms with Crippen LogP contribution in [0.3, 0.4) is 0 Å². The summed E-state index contributed by atoms with van der Waals surface area (Å²) in [6.07, 6.45) is 7.83. The van der Waals surface area contributed by atoms with Crippen molar-refractivity contribution in [2.45, 2.75) is 45.3 Å². The summed E-state index contributed by atoms with van der Waals surface area (Å²) in [6.45, 7) is 4.04. The Morgan fingerprint density at radius 1 is 1.03 bits per heavy atom. The lowest BCUT2D eigenvalue weighted by Crippen LogP contribution is -2.27. The zero-order valence-corrected chi connectivity index (χ0v) is 19.0. The molecule has 2 heterocycles. The maximum Gasteiger partial charge on any atom is 0.226 e. The first-order chi connectivity index (χ1) is 16.2. The van der Waals surface area contributed by atoms with Crippen molar-refractivity contribution in [1.82, 2.24) is 19.8 Å². The van der Waals surface area contributed by atoms with Gasteiger partial charge in [0.25, 0.3) is 0 Å². The van der Waals surface area contributed by atoms with Gasteiger partial charge in [0.1, 0.15) is 0 Å². The number of benzene rings is 2. The quantitative estimate of drug-likeness (QED) is 0.455. The molecule has 1 aliphatic heterocycles. The lowest BCUT2D eigenvalue weighted by molar-refractivity contribution is -0.131. The van der Waals surface area contributed by atoms with Crippen LogP contribution in [0.25, 0.3) is 0 Å². The number of rotatable bonds is 11. The van der Waals surface area contributed by atoms with Crippen LogP contribution in [0.1, 0.15) is 48.1 Å². The van der Waals surface area contributed by atoms with Gasteiger partial charge in [-0.1, -0.05) is 48.9 Å². The van der Waals surface area contributed by atoms with Gasteiger partial charge in [0.05, 0.1) is 23.7 Å². The molecular formula is C27H31N5O. The smallest absolute Gasteiger partial charge is 0.226 e. The molecule has 1 saturated heterocycles. The van der Waals surface area contributed by atoms with E-state index in [1.165, 1.54) is 5.56 Å². The minimum atomic E-state index is 0.183. The minimum absolute atomic E-state index is 0.183. The second-order valence-corrected chi connectivity index (χ2v) is 8.73. The third-order valence-corrected chi connectivity index (χ3v) is 6.32. The van der Waals surface area contributed by atoms with Gasteiger partial charge in [-0.2, -0.15) is 5.26 Å². The molecule has 0 bridgehead atoms. The molecule has 1 amide bonds. The molecule has 0 spiro atoms. The van der Waals surface area contributed by atoms with Crippen molar-refractivity contribution >= 4 is 5.91 Å². The van der Waals surface area contributed by atoms with Crippen LogP contribution < -0.4 is 5.32 Å². The molecule has 170 valence electrons. The number of hydrogen-bond donors (Lipinski definition) is 1. The van der Waals surface area contributed by atoms with Crippen LogP contribution in [0.2, 0.25) is 0 Å². The van der Waals surface area contributed by atoms with E-state index >= 15 is 0 Å². The molecule has 1 aromatic heterocycles. The number of hydrogen-bond acceptors (Lipinski definition) is 4. The Bertz CT molecular complexity index is 1070. The highest BCUT2D eigenvalue weighted by Crippen LogP contribution is 2.24. The van der Waals surface area contributed by atoms with E-state index in [1.807, 2.05) is 59.9 Å². The van der Waals surface area contributed by atoms with Crippen LogP contribution in [-0.4, -0.2) is 33.4 Å². The van der Waals surface area contributed by atoms with Crippen molar-refractivity contribution in [2.24, 2.45) is 5.92 Å². The second-order valence-electron chi connectivity index (χ2n) is 8.73. The van der Waals surface area contributed by atoms with Gasteiger partial charge in [0.15, 0.2) is 0 Å². The van der Waals surface area contributed by atoms with Crippen molar-refractivity contribution in [3.05, 3.63) is 89.5 Å². The van der Waals surface area contributed by atoms with Crippen LogP contribution in [-0.2, 0) is 24.4 Å². The molecule has 4 rings (SSSR count). The third kappa shape index (κ3) is 6.30. The van der Waals surface area contributed by atoms with E-state index in [0.717, 1.165) is 69.7 Å². The first-order valence-electron chi connectivity index (χ1n) is 11.7. The summed E-state index contributed by atoms with van der Waals surface area (Å²) in [6, 6.07) is 20.1. The summed E-state index contributed by atoms with van der Waals surface area (Å²) in [5.41, 5.74) is 4.17. The molecule has 1 N–H and O–H groups in total. The normalized spacial score (nSPS) is 15.7. The average Bonchev–Trinajstić information content (AvgIpc) is 3.43.